The molecule has 0 aliphatic carbocycles. The molecule has 0 fully saturated rings. The lowest BCUT2D eigenvalue weighted by atomic mass is 10.3. The highest BCUT2D eigenvalue weighted by Gasteiger charge is 2.33. The molecule has 86 valence electrons. The van der Waals surface area contributed by atoms with Crippen LogP contribution in [0.5, 0.6) is 0 Å². The van der Waals surface area contributed by atoms with E-state index in [1.54, 1.807) is 0 Å². The van der Waals surface area contributed by atoms with E-state index in [0.717, 1.165) is 17.8 Å². The topological polar surface area (TPSA) is 38.9 Å². The van der Waals surface area contributed by atoms with Crippen LogP contribution in [0.25, 0.3) is 0 Å². The van der Waals surface area contributed by atoms with Crippen molar-refractivity contribution in [1.82, 2.24) is 4.98 Å². The van der Waals surface area contributed by atoms with Gasteiger partial charge in [-0.05, 0) is 12.1 Å². The Morgan fingerprint density at radius 2 is 2.07 bits per heavy atom. The zero-order valence-corrected chi connectivity index (χ0v) is 9.25. The van der Waals surface area contributed by atoms with Crippen LogP contribution in [0.1, 0.15) is 5.56 Å². The minimum Gasteiger partial charge on any atom is -0.330 e. The molecule has 1 aromatic rings. The Balaban J connectivity index is 0.00000196. The maximum absolute atomic E-state index is 12.4. The number of hydrogen-bond acceptors (Lipinski definition) is 3. The van der Waals surface area contributed by atoms with E-state index in [0.29, 0.717) is 12.3 Å². The van der Waals surface area contributed by atoms with Gasteiger partial charge in [0.15, 0.2) is 0 Å². The predicted molar refractivity (Wildman–Crippen MR) is 56.3 cm³/mol. The fraction of sp³-hybridized carbons (Fsp3) is 0.375. The van der Waals surface area contributed by atoms with Crippen LogP contribution < -0.4 is 5.73 Å². The Morgan fingerprint density at radius 3 is 2.60 bits per heavy atom. The summed E-state index contributed by atoms with van der Waals surface area (Å²) in [4.78, 5) is 3.67. The number of hydrogen-bond donors (Lipinski definition) is 1. The molecular formula is C8H10ClF3N2S. The Morgan fingerprint density at radius 1 is 1.40 bits per heavy atom. The Bertz CT molecular complexity index is 306. The highest BCUT2D eigenvalue weighted by Crippen LogP contribution is 2.34. The van der Waals surface area contributed by atoms with E-state index in [9.17, 15) is 13.2 Å². The van der Waals surface area contributed by atoms with E-state index in [2.05, 4.69) is 4.98 Å². The molecule has 15 heavy (non-hydrogen) atoms. The lowest BCUT2D eigenvalue weighted by molar-refractivity contribution is -0.140. The molecule has 0 atom stereocenters. The number of rotatable bonds is 3. The molecule has 0 aromatic carbocycles. The lowest BCUT2D eigenvalue weighted by Gasteiger charge is -2.10. The van der Waals surface area contributed by atoms with Crippen molar-refractivity contribution in [2.75, 3.05) is 12.3 Å². The van der Waals surface area contributed by atoms with Crippen LogP contribution in [-0.4, -0.2) is 17.3 Å². The molecule has 0 saturated carbocycles. The average Bonchev–Trinajstić information content (AvgIpc) is 2.14. The van der Waals surface area contributed by atoms with Crippen LogP contribution in [-0.2, 0) is 6.18 Å². The van der Waals surface area contributed by atoms with Crippen LogP contribution in [0, 0.1) is 0 Å². The molecule has 0 saturated heterocycles. The van der Waals surface area contributed by atoms with E-state index in [-0.39, 0.29) is 17.4 Å². The smallest absolute Gasteiger partial charge is 0.330 e. The lowest BCUT2D eigenvalue weighted by Crippen LogP contribution is -2.09. The van der Waals surface area contributed by atoms with Crippen molar-refractivity contribution in [1.29, 1.82) is 0 Å². The summed E-state index contributed by atoms with van der Waals surface area (Å²) >= 11 is 1.02. The zero-order chi connectivity index (χ0) is 10.6. The summed E-state index contributed by atoms with van der Waals surface area (Å²) in [5, 5.41) is -0.00884. The summed E-state index contributed by atoms with van der Waals surface area (Å²) < 4.78 is 37.2. The van der Waals surface area contributed by atoms with Crippen molar-refractivity contribution in [2.24, 2.45) is 5.73 Å². The fourth-order valence-corrected chi connectivity index (χ4v) is 1.66. The van der Waals surface area contributed by atoms with Crippen molar-refractivity contribution in [2.45, 2.75) is 11.2 Å². The van der Waals surface area contributed by atoms with Gasteiger partial charge >= 0.3 is 6.18 Å². The van der Waals surface area contributed by atoms with Gasteiger partial charge in [-0.15, -0.1) is 24.2 Å². The third-order valence-corrected chi connectivity index (χ3v) is 2.47. The first-order valence-corrected chi connectivity index (χ1v) is 4.89. The van der Waals surface area contributed by atoms with Crippen LogP contribution in [0.4, 0.5) is 13.2 Å². The molecule has 2 N–H and O–H groups in total. The molecule has 0 unspecified atom stereocenters. The standard InChI is InChI=1S/C8H9F3N2S.ClH/c9-8(10,11)6-2-1-4-13-7(6)14-5-3-12;/h1-2,4H,3,5,12H2;1H. The highest BCUT2D eigenvalue weighted by molar-refractivity contribution is 7.99. The van der Waals surface area contributed by atoms with Crippen molar-refractivity contribution in [3.05, 3.63) is 23.9 Å². The summed E-state index contributed by atoms with van der Waals surface area (Å²) in [7, 11) is 0. The molecule has 1 aromatic heterocycles. The number of thioether (sulfide) groups is 1. The average molecular weight is 259 g/mol. The molecule has 1 rings (SSSR count). The number of nitrogens with zero attached hydrogens (tertiary/aromatic N) is 1. The predicted octanol–water partition coefficient (Wildman–Crippen LogP) is 2.57. The van der Waals surface area contributed by atoms with Crippen molar-refractivity contribution >= 4 is 24.2 Å². The zero-order valence-electron chi connectivity index (χ0n) is 7.62. The van der Waals surface area contributed by atoms with Crippen LogP contribution in [0.15, 0.2) is 23.4 Å². The number of nitrogens with two attached hydrogens (primary N) is 1. The normalized spacial score (nSPS) is 10.9. The molecule has 0 aliphatic heterocycles. The molecule has 0 bridgehead atoms. The van der Waals surface area contributed by atoms with Gasteiger partial charge in [-0.25, -0.2) is 4.98 Å². The van der Waals surface area contributed by atoms with Gasteiger partial charge < -0.3 is 5.73 Å². The Kier molecular flexibility index (Phi) is 6.00. The van der Waals surface area contributed by atoms with Crippen molar-refractivity contribution in [3.63, 3.8) is 0 Å². The van der Waals surface area contributed by atoms with E-state index in [4.69, 9.17) is 5.73 Å². The van der Waals surface area contributed by atoms with Crippen LogP contribution in [0.2, 0.25) is 0 Å². The van der Waals surface area contributed by atoms with Gasteiger partial charge in [0.2, 0.25) is 0 Å². The van der Waals surface area contributed by atoms with Crippen molar-refractivity contribution in [3.8, 4) is 0 Å². The number of pyridine rings is 1. The third kappa shape index (κ3) is 4.27. The van der Waals surface area contributed by atoms with Gasteiger partial charge in [0.05, 0.1) is 5.56 Å². The SMILES string of the molecule is Cl.NCCSc1ncccc1C(F)(F)F. The van der Waals surface area contributed by atoms with E-state index >= 15 is 0 Å². The second-order valence-electron chi connectivity index (χ2n) is 2.49. The first-order chi connectivity index (χ1) is 6.55. The molecule has 2 nitrogen and oxygen atoms in total. The van der Waals surface area contributed by atoms with E-state index in [1.807, 2.05) is 0 Å². The van der Waals surface area contributed by atoms with E-state index < -0.39 is 11.7 Å². The van der Waals surface area contributed by atoms with Gasteiger partial charge in [-0.2, -0.15) is 13.2 Å². The van der Waals surface area contributed by atoms with Gasteiger partial charge in [-0.3, -0.25) is 0 Å². The summed E-state index contributed by atoms with van der Waals surface area (Å²) in [6.45, 7) is 0.332. The fourth-order valence-electron chi connectivity index (χ4n) is 0.877. The molecule has 7 heteroatoms. The summed E-state index contributed by atoms with van der Waals surface area (Å²) in [6, 6.07) is 2.29. The number of alkyl halides is 3. The third-order valence-electron chi connectivity index (χ3n) is 1.43. The molecule has 0 aliphatic rings. The minimum absolute atomic E-state index is 0. The monoisotopic (exact) mass is 258 g/mol. The maximum atomic E-state index is 12.4. The molecular weight excluding hydrogens is 249 g/mol. The summed E-state index contributed by atoms with van der Waals surface area (Å²) in [5.74, 6) is 0.431. The Labute approximate surface area is 95.9 Å². The minimum atomic E-state index is -4.34. The quantitative estimate of drug-likeness (QED) is 0.847. The summed E-state index contributed by atoms with van der Waals surface area (Å²) in [6.07, 6.45) is -3.00. The van der Waals surface area contributed by atoms with Gasteiger partial charge in [0.25, 0.3) is 0 Å². The summed E-state index contributed by atoms with van der Waals surface area (Å²) in [5.41, 5.74) is 4.51. The highest BCUT2D eigenvalue weighted by atomic mass is 35.5. The Hall–Kier alpha value is -0.460. The van der Waals surface area contributed by atoms with Gasteiger partial charge in [0, 0.05) is 18.5 Å². The molecule has 0 spiro atoms. The maximum Gasteiger partial charge on any atom is 0.419 e. The second kappa shape index (κ2) is 6.19. The number of halogens is 4. The van der Waals surface area contributed by atoms with Crippen LogP contribution >= 0.6 is 24.2 Å². The molecule has 0 radical (unpaired) electrons. The first kappa shape index (κ1) is 14.5. The van der Waals surface area contributed by atoms with Gasteiger partial charge in [0.1, 0.15) is 5.03 Å². The first-order valence-electron chi connectivity index (χ1n) is 3.91. The van der Waals surface area contributed by atoms with Crippen molar-refractivity contribution < 1.29 is 13.2 Å². The number of aromatic nitrogens is 1. The largest absolute Gasteiger partial charge is 0.419 e. The van der Waals surface area contributed by atoms with E-state index in [1.165, 1.54) is 12.3 Å². The van der Waals surface area contributed by atoms with Crippen LogP contribution in [0.3, 0.4) is 0 Å². The molecule has 0 amide bonds. The second-order valence-corrected chi connectivity index (χ2v) is 3.57. The van der Waals surface area contributed by atoms with Gasteiger partial charge in [-0.1, -0.05) is 0 Å². The molecule has 1 heterocycles.